The van der Waals surface area contributed by atoms with E-state index in [1.54, 1.807) is 12.5 Å². The van der Waals surface area contributed by atoms with E-state index in [0.717, 1.165) is 31.2 Å². The fraction of sp³-hybridized carbons (Fsp3) is 0.769. The van der Waals surface area contributed by atoms with Crippen LogP contribution >= 0.6 is 0 Å². The molecule has 178 valence electrons. The Hall–Kier alpha value is -1.86. The summed E-state index contributed by atoms with van der Waals surface area (Å²) in [4.78, 5) is 25.4. The molecule has 2 spiro atoms. The van der Waals surface area contributed by atoms with Gasteiger partial charge in [-0.15, -0.1) is 0 Å². The van der Waals surface area contributed by atoms with Crippen LogP contribution in [0.1, 0.15) is 71.5 Å². The highest BCUT2D eigenvalue weighted by atomic mass is 16.7. The van der Waals surface area contributed by atoms with Crippen LogP contribution in [0, 0.1) is 28.1 Å². The average molecular weight is 457 g/mol. The van der Waals surface area contributed by atoms with Gasteiger partial charge in [-0.05, 0) is 57.4 Å². The summed E-state index contributed by atoms with van der Waals surface area (Å²) in [5, 5.41) is 0. The van der Waals surface area contributed by atoms with Gasteiger partial charge in [0.2, 0.25) is 0 Å². The smallest absolute Gasteiger partial charge is 0.339 e. The van der Waals surface area contributed by atoms with Gasteiger partial charge >= 0.3 is 11.9 Å². The zero-order valence-corrected chi connectivity index (χ0v) is 19.7. The maximum absolute atomic E-state index is 13.1. The van der Waals surface area contributed by atoms with Gasteiger partial charge in [0.25, 0.3) is 0 Å². The summed E-state index contributed by atoms with van der Waals surface area (Å²) in [7, 11) is 0. The maximum atomic E-state index is 13.1. The molecule has 2 saturated carbocycles. The molecule has 0 N–H and O–H groups in total. The summed E-state index contributed by atoms with van der Waals surface area (Å²) in [5.74, 6) is 0.0988. The van der Waals surface area contributed by atoms with Crippen LogP contribution in [0.25, 0.3) is 0 Å². The highest BCUT2D eigenvalue weighted by molar-refractivity contribution is 5.82. The minimum Gasteiger partial charge on any atom is -0.472 e. The number of epoxide rings is 1. The standard InChI is InChI=1S/C26H32O7/c1-22(2)15-5-8-23(3)16(25(15)13-30-18(27)11-17(25)32-22)6-9-24(4)19(14-7-10-29-12-14)31-21(28)20-26(23,24)33-20/h7,10,12,15-17,19-20H,5-6,8-9,11,13H2,1-4H3/t15-,16-,17-,19-,20+,23+,24-,25-,26-/m0/s1. The van der Waals surface area contributed by atoms with Crippen molar-refractivity contribution < 1.29 is 33.0 Å². The van der Waals surface area contributed by atoms with Gasteiger partial charge in [0, 0.05) is 21.8 Å². The van der Waals surface area contributed by atoms with E-state index in [0.29, 0.717) is 18.9 Å². The van der Waals surface area contributed by atoms with E-state index >= 15 is 0 Å². The predicted molar refractivity (Wildman–Crippen MR) is 114 cm³/mol. The Morgan fingerprint density at radius 3 is 2.45 bits per heavy atom. The Morgan fingerprint density at radius 2 is 1.70 bits per heavy atom. The quantitative estimate of drug-likeness (QED) is 0.467. The Bertz CT molecular complexity index is 1050. The third kappa shape index (κ3) is 2.08. The third-order valence-electron chi connectivity index (χ3n) is 10.9. The summed E-state index contributed by atoms with van der Waals surface area (Å²) in [6.07, 6.45) is 6.29. The van der Waals surface area contributed by atoms with Gasteiger partial charge in [0.15, 0.2) is 6.10 Å². The van der Waals surface area contributed by atoms with Gasteiger partial charge in [0.1, 0.15) is 18.3 Å². The number of carbonyl (C=O) groups excluding carboxylic acids is 2. The van der Waals surface area contributed by atoms with Crippen molar-refractivity contribution in [2.75, 3.05) is 6.61 Å². The Labute approximate surface area is 193 Å². The van der Waals surface area contributed by atoms with E-state index in [9.17, 15) is 9.59 Å². The first-order valence-corrected chi connectivity index (χ1v) is 12.3. The molecule has 9 atom stereocenters. The third-order valence-corrected chi connectivity index (χ3v) is 10.9. The van der Waals surface area contributed by atoms with E-state index in [1.807, 2.05) is 6.07 Å². The van der Waals surface area contributed by atoms with Gasteiger partial charge in [-0.3, -0.25) is 4.79 Å². The summed E-state index contributed by atoms with van der Waals surface area (Å²) in [6, 6.07) is 1.90. The number of ether oxygens (including phenoxy) is 4. The average Bonchev–Trinajstić information content (AvgIpc) is 3.24. The molecule has 7 rings (SSSR count). The molecule has 0 bridgehead atoms. The molecule has 4 aliphatic heterocycles. The van der Waals surface area contributed by atoms with Gasteiger partial charge in [-0.25, -0.2) is 4.79 Å². The van der Waals surface area contributed by atoms with Crippen LogP contribution in [0.5, 0.6) is 0 Å². The van der Waals surface area contributed by atoms with Crippen molar-refractivity contribution in [3.8, 4) is 0 Å². The highest BCUT2D eigenvalue weighted by Crippen LogP contribution is 2.80. The first-order chi connectivity index (χ1) is 15.6. The Balaban J connectivity index is 1.37. The molecule has 5 heterocycles. The normalized spacial score (nSPS) is 53.5. The monoisotopic (exact) mass is 456 g/mol. The lowest BCUT2D eigenvalue weighted by Gasteiger charge is -2.66. The molecule has 0 aromatic carbocycles. The number of carbonyl (C=O) groups is 2. The van der Waals surface area contributed by atoms with Crippen molar-refractivity contribution in [3.63, 3.8) is 0 Å². The van der Waals surface area contributed by atoms with Crippen LogP contribution in [-0.4, -0.2) is 42.0 Å². The Kier molecular flexibility index (Phi) is 3.64. The van der Waals surface area contributed by atoms with Crippen molar-refractivity contribution in [2.24, 2.45) is 28.1 Å². The molecule has 7 nitrogen and oxygen atoms in total. The van der Waals surface area contributed by atoms with E-state index in [4.69, 9.17) is 23.4 Å². The molecule has 4 saturated heterocycles. The number of hydrogen-bond donors (Lipinski definition) is 0. The molecule has 1 aromatic heterocycles. The topological polar surface area (TPSA) is 87.5 Å². The van der Waals surface area contributed by atoms with Crippen LogP contribution in [0.4, 0.5) is 0 Å². The molecule has 6 aliphatic rings. The van der Waals surface area contributed by atoms with Gasteiger partial charge in [-0.1, -0.05) is 13.8 Å². The molecule has 0 radical (unpaired) electrons. The van der Waals surface area contributed by atoms with Crippen molar-refractivity contribution in [3.05, 3.63) is 24.2 Å². The summed E-state index contributed by atoms with van der Waals surface area (Å²) < 4.78 is 30.3. The highest BCUT2D eigenvalue weighted by Gasteiger charge is 2.87. The predicted octanol–water partition coefficient (Wildman–Crippen LogP) is 3.96. The summed E-state index contributed by atoms with van der Waals surface area (Å²) in [5.41, 5.74) is -0.883. The fourth-order valence-electron chi connectivity index (χ4n) is 9.71. The maximum Gasteiger partial charge on any atom is 0.339 e. The molecular weight excluding hydrogens is 424 g/mol. The zero-order valence-electron chi connectivity index (χ0n) is 19.7. The largest absolute Gasteiger partial charge is 0.472 e. The summed E-state index contributed by atoms with van der Waals surface area (Å²) in [6.45, 7) is 9.29. The van der Waals surface area contributed by atoms with Gasteiger partial charge in [0.05, 0.1) is 30.7 Å². The van der Waals surface area contributed by atoms with Crippen LogP contribution in [0.2, 0.25) is 0 Å². The molecule has 1 aromatic rings. The van der Waals surface area contributed by atoms with E-state index < -0.39 is 17.8 Å². The number of hydrogen-bond acceptors (Lipinski definition) is 7. The molecular formula is C26H32O7. The Morgan fingerprint density at radius 1 is 0.939 bits per heavy atom. The lowest BCUT2D eigenvalue weighted by atomic mass is 9.37. The van der Waals surface area contributed by atoms with Crippen LogP contribution in [0.3, 0.4) is 0 Å². The van der Waals surface area contributed by atoms with Gasteiger partial charge < -0.3 is 23.4 Å². The van der Waals surface area contributed by atoms with Crippen molar-refractivity contribution in [2.45, 2.75) is 89.3 Å². The molecule has 2 aliphatic carbocycles. The zero-order chi connectivity index (χ0) is 23.0. The van der Waals surface area contributed by atoms with Crippen molar-refractivity contribution in [1.29, 1.82) is 0 Å². The van der Waals surface area contributed by atoms with Crippen LogP contribution < -0.4 is 0 Å². The lowest BCUT2D eigenvalue weighted by molar-refractivity contribution is -0.232. The first-order valence-electron chi connectivity index (χ1n) is 12.3. The minimum atomic E-state index is -0.599. The number of furan rings is 1. The summed E-state index contributed by atoms with van der Waals surface area (Å²) >= 11 is 0. The SMILES string of the molecule is CC1(C)O[C@H]2CC(=O)OC[C@]23[C@H]2CC[C@@]4(C)[C@H](c5ccoc5)OC(=O)[C@H]5O[C@]54[C@]2(C)CC[C@@H]13. The van der Waals surface area contributed by atoms with Crippen molar-refractivity contribution >= 4 is 11.9 Å². The second-order valence-corrected chi connectivity index (χ2v) is 12.3. The minimum absolute atomic E-state index is 0.151. The van der Waals surface area contributed by atoms with E-state index in [2.05, 4.69) is 27.7 Å². The number of esters is 2. The molecule has 0 unspecified atom stereocenters. The van der Waals surface area contributed by atoms with E-state index in [-0.39, 0.29) is 45.8 Å². The van der Waals surface area contributed by atoms with E-state index in [1.165, 1.54) is 0 Å². The van der Waals surface area contributed by atoms with Gasteiger partial charge in [-0.2, -0.15) is 0 Å². The van der Waals surface area contributed by atoms with Crippen molar-refractivity contribution in [1.82, 2.24) is 0 Å². The second kappa shape index (κ2) is 5.85. The van der Waals surface area contributed by atoms with Crippen LogP contribution in [0.15, 0.2) is 23.0 Å². The number of rotatable bonds is 1. The number of fused-ring (bicyclic) bond motifs is 1. The molecule has 6 fully saturated rings. The molecule has 33 heavy (non-hydrogen) atoms. The first kappa shape index (κ1) is 20.5. The fourth-order valence-corrected chi connectivity index (χ4v) is 9.71. The number of cyclic esters (lactones) is 2. The van der Waals surface area contributed by atoms with Crippen LogP contribution in [-0.2, 0) is 28.5 Å². The second-order valence-electron chi connectivity index (χ2n) is 12.3. The lowest BCUT2D eigenvalue weighted by Crippen LogP contribution is -2.70. The molecule has 0 amide bonds. The molecule has 7 heteroatoms.